The molecule has 0 saturated heterocycles. The lowest BCUT2D eigenvalue weighted by Crippen LogP contribution is -2.47. The Morgan fingerprint density at radius 1 is 1.37 bits per heavy atom. The molecule has 1 atom stereocenters. The molecule has 162 valence electrons. The van der Waals surface area contributed by atoms with E-state index < -0.39 is 0 Å². The molecule has 2 aromatic heterocycles. The highest BCUT2D eigenvalue weighted by molar-refractivity contribution is 14.0. The van der Waals surface area contributed by atoms with Crippen LogP contribution in [0.25, 0.3) is 11.0 Å². The lowest BCUT2D eigenvalue weighted by atomic mass is 10.1. The van der Waals surface area contributed by atoms with Crippen LogP contribution >= 0.6 is 24.0 Å². The first-order valence-corrected chi connectivity index (χ1v) is 10.1. The first-order chi connectivity index (χ1) is 14.2. The largest absolute Gasteiger partial charge is 0.459 e. The fraction of sp³-hybridized carbons (Fsp3) is 0.476. The molecule has 3 aromatic rings. The molecule has 0 aliphatic carbocycles. The van der Waals surface area contributed by atoms with E-state index >= 15 is 0 Å². The average Bonchev–Trinajstić information content (AvgIpc) is 3.27. The minimum atomic E-state index is 0. The third kappa shape index (κ3) is 4.94. The fourth-order valence-corrected chi connectivity index (χ4v) is 3.71. The van der Waals surface area contributed by atoms with Crippen LogP contribution in [0.1, 0.15) is 36.3 Å². The molecule has 1 aliphatic rings. The molecule has 0 spiro atoms. The maximum atomic E-state index is 5.99. The van der Waals surface area contributed by atoms with E-state index in [9.17, 15) is 0 Å². The molecular formula is C21H29IN6O2. The van der Waals surface area contributed by atoms with E-state index in [1.165, 1.54) is 0 Å². The van der Waals surface area contributed by atoms with Crippen LogP contribution in [0.5, 0.6) is 0 Å². The van der Waals surface area contributed by atoms with Gasteiger partial charge in [0.05, 0.1) is 6.54 Å². The van der Waals surface area contributed by atoms with Gasteiger partial charge in [-0.25, -0.2) is 14.7 Å². The van der Waals surface area contributed by atoms with Crippen molar-refractivity contribution >= 4 is 40.9 Å². The molecule has 0 amide bonds. The van der Waals surface area contributed by atoms with Crippen LogP contribution in [0.4, 0.5) is 0 Å². The number of furan rings is 1. The van der Waals surface area contributed by atoms with Crippen molar-refractivity contribution in [3.63, 3.8) is 0 Å². The van der Waals surface area contributed by atoms with Crippen LogP contribution in [-0.2, 0) is 30.9 Å². The van der Waals surface area contributed by atoms with E-state index in [0.29, 0.717) is 13.2 Å². The lowest BCUT2D eigenvalue weighted by molar-refractivity contribution is 0.177. The van der Waals surface area contributed by atoms with E-state index in [1.807, 2.05) is 22.9 Å². The second kappa shape index (κ2) is 10.3. The van der Waals surface area contributed by atoms with E-state index in [0.717, 1.165) is 65.8 Å². The Bertz CT molecular complexity index is 1010. The summed E-state index contributed by atoms with van der Waals surface area (Å²) in [5.74, 6) is 3.45. The zero-order valence-corrected chi connectivity index (χ0v) is 20.0. The number of guanidine groups is 1. The van der Waals surface area contributed by atoms with Crippen molar-refractivity contribution in [2.24, 2.45) is 4.99 Å². The van der Waals surface area contributed by atoms with Crippen LogP contribution in [0.3, 0.4) is 0 Å². The summed E-state index contributed by atoms with van der Waals surface area (Å²) < 4.78 is 13.1. The van der Waals surface area contributed by atoms with Gasteiger partial charge in [-0.05, 0) is 26.3 Å². The molecule has 1 aromatic carbocycles. The number of fused-ring (bicyclic) bond motifs is 2. The summed E-state index contributed by atoms with van der Waals surface area (Å²) in [6.07, 6.45) is 1.87. The molecule has 4 rings (SSSR count). The summed E-state index contributed by atoms with van der Waals surface area (Å²) in [5.41, 5.74) is 2.06. The average molecular weight is 524 g/mol. The zero-order valence-electron chi connectivity index (χ0n) is 17.6. The topological polar surface area (TPSA) is 89.5 Å². The molecule has 8 nitrogen and oxygen atoms in total. The molecule has 0 bridgehead atoms. The van der Waals surface area contributed by atoms with Gasteiger partial charge in [0, 0.05) is 37.1 Å². The fourth-order valence-electron chi connectivity index (χ4n) is 3.71. The third-order valence-electron chi connectivity index (χ3n) is 5.18. The second-order valence-electron chi connectivity index (χ2n) is 7.28. The maximum Gasteiger partial charge on any atom is 0.191 e. The molecule has 3 heterocycles. The number of aryl methyl sites for hydroxylation is 2. The van der Waals surface area contributed by atoms with Crippen molar-refractivity contribution < 1.29 is 9.15 Å². The first kappa shape index (κ1) is 22.5. The number of nitrogens with one attached hydrogen (secondary N) is 2. The van der Waals surface area contributed by atoms with E-state index in [2.05, 4.69) is 40.6 Å². The predicted molar refractivity (Wildman–Crippen MR) is 127 cm³/mol. The molecule has 9 heteroatoms. The summed E-state index contributed by atoms with van der Waals surface area (Å²) in [7, 11) is 1.66. The van der Waals surface area contributed by atoms with Crippen molar-refractivity contribution in [1.82, 2.24) is 25.4 Å². The highest BCUT2D eigenvalue weighted by Crippen LogP contribution is 2.25. The zero-order chi connectivity index (χ0) is 20.2. The smallest absolute Gasteiger partial charge is 0.191 e. The Hall–Kier alpha value is -2.14. The number of aliphatic imine (C=N–C) groups is 1. The minimum Gasteiger partial charge on any atom is -0.459 e. The van der Waals surface area contributed by atoms with Crippen LogP contribution in [-0.4, -0.2) is 40.4 Å². The number of hydrogen-bond donors (Lipinski definition) is 2. The van der Waals surface area contributed by atoms with Gasteiger partial charge in [0.15, 0.2) is 11.8 Å². The molecule has 0 fully saturated rings. The number of para-hydroxylation sites is 1. The third-order valence-corrected chi connectivity index (χ3v) is 5.18. The summed E-state index contributed by atoms with van der Waals surface area (Å²) in [4.78, 5) is 9.30. The summed E-state index contributed by atoms with van der Waals surface area (Å²) in [6, 6.07) is 8.34. The minimum absolute atomic E-state index is 0. The van der Waals surface area contributed by atoms with Gasteiger partial charge in [-0.2, -0.15) is 5.10 Å². The van der Waals surface area contributed by atoms with Crippen LogP contribution in [0, 0.1) is 6.92 Å². The Kier molecular flexibility index (Phi) is 7.70. The Morgan fingerprint density at radius 2 is 2.20 bits per heavy atom. The second-order valence-corrected chi connectivity index (χ2v) is 7.28. The van der Waals surface area contributed by atoms with Crippen molar-refractivity contribution in [2.45, 2.75) is 52.4 Å². The van der Waals surface area contributed by atoms with E-state index in [-0.39, 0.29) is 30.0 Å². The number of nitrogens with zero attached hydrogens (tertiary/aromatic N) is 4. The number of aromatic nitrogens is 3. The standard InChI is InChI=1S/C21H28N6O2.HI/c1-4-22-21(23-11-18-14(2)16-7-5-6-8-17(16)29-18)24-15-9-10-20-25-19(13-28-3)26-27(20)12-15;/h5-8,15H,4,9-13H2,1-3H3,(H2,22,23,24);1H. The van der Waals surface area contributed by atoms with Gasteiger partial charge in [0.2, 0.25) is 0 Å². The molecule has 1 aliphatic heterocycles. The molecule has 30 heavy (non-hydrogen) atoms. The normalized spacial score (nSPS) is 16.2. The highest BCUT2D eigenvalue weighted by atomic mass is 127. The van der Waals surface area contributed by atoms with Gasteiger partial charge in [0.25, 0.3) is 0 Å². The van der Waals surface area contributed by atoms with Crippen LogP contribution < -0.4 is 10.6 Å². The van der Waals surface area contributed by atoms with Crippen LogP contribution in [0.15, 0.2) is 33.7 Å². The SMILES string of the molecule is CCNC(=NCc1oc2ccccc2c1C)NC1CCc2nc(COC)nn2C1.I. The quantitative estimate of drug-likeness (QED) is 0.293. The number of halogens is 1. The summed E-state index contributed by atoms with van der Waals surface area (Å²) >= 11 is 0. The van der Waals surface area contributed by atoms with Gasteiger partial charge in [0.1, 0.15) is 30.3 Å². The van der Waals surface area contributed by atoms with Crippen LogP contribution in [0.2, 0.25) is 0 Å². The Labute approximate surface area is 193 Å². The van der Waals surface area contributed by atoms with Gasteiger partial charge in [-0.1, -0.05) is 18.2 Å². The van der Waals surface area contributed by atoms with E-state index in [4.69, 9.17) is 14.1 Å². The number of ether oxygens (including phenoxy) is 1. The number of rotatable bonds is 6. The van der Waals surface area contributed by atoms with Crippen molar-refractivity contribution in [1.29, 1.82) is 0 Å². The molecule has 0 saturated carbocycles. The number of methoxy groups -OCH3 is 1. The maximum absolute atomic E-state index is 5.99. The highest BCUT2D eigenvalue weighted by Gasteiger charge is 2.22. The van der Waals surface area contributed by atoms with Crippen molar-refractivity contribution in [3.05, 3.63) is 47.2 Å². The summed E-state index contributed by atoms with van der Waals surface area (Å²) in [6.45, 7) is 6.65. The summed E-state index contributed by atoms with van der Waals surface area (Å²) in [5, 5.41) is 12.6. The molecule has 2 N–H and O–H groups in total. The lowest BCUT2D eigenvalue weighted by Gasteiger charge is -2.25. The Morgan fingerprint density at radius 3 is 2.97 bits per heavy atom. The molecule has 0 radical (unpaired) electrons. The molecular weight excluding hydrogens is 495 g/mol. The van der Waals surface area contributed by atoms with E-state index in [1.54, 1.807) is 7.11 Å². The van der Waals surface area contributed by atoms with Gasteiger partial charge < -0.3 is 19.8 Å². The first-order valence-electron chi connectivity index (χ1n) is 10.1. The molecule has 1 unspecified atom stereocenters. The Balaban J connectivity index is 0.00000256. The monoisotopic (exact) mass is 524 g/mol. The van der Waals surface area contributed by atoms with Crippen molar-refractivity contribution in [2.75, 3.05) is 13.7 Å². The van der Waals surface area contributed by atoms with Crippen molar-refractivity contribution in [3.8, 4) is 0 Å². The number of hydrogen-bond acceptors (Lipinski definition) is 5. The van der Waals surface area contributed by atoms with Gasteiger partial charge >= 0.3 is 0 Å². The number of benzene rings is 1. The van der Waals surface area contributed by atoms with Gasteiger partial charge in [-0.15, -0.1) is 24.0 Å². The van der Waals surface area contributed by atoms with Gasteiger partial charge in [-0.3, -0.25) is 0 Å². The predicted octanol–water partition coefficient (Wildman–Crippen LogP) is 3.17.